The zero-order valence-corrected chi connectivity index (χ0v) is 14.4. The highest BCUT2D eigenvalue weighted by Crippen LogP contribution is 2.19. The highest BCUT2D eigenvalue weighted by Gasteiger charge is 2.20. The van der Waals surface area contributed by atoms with Crippen molar-refractivity contribution in [1.82, 2.24) is 0 Å². The number of unbranched alkanes of at least 4 members (excludes halogenated alkanes) is 1. The Bertz CT molecular complexity index is 452. The fourth-order valence-corrected chi connectivity index (χ4v) is 5.98. The van der Waals surface area contributed by atoms with Crippen molar-refractivity contribution < 1.29 is 0 Å². The van der Waals surface area contributed by atoms with Crippen molar-refractivity contribution in [3.8, 4) is 0 Å². The van der Waals surface area contributed by atoms with Gasteiger partial charge in [0.15, 0.2) is 0 Å². The van der Waals surface area contributed by atoms with Crippen LogP contribution in [0.2, 0.25) is 6.04 Å². The fourth-order valence-electron chi connectivity index (χ4n) is 2.91. The molecule has 0 nitrogen and oxygen atoms in total. The lowest BCUT2D eigenvalue weighted by molar-refractivity contribution is 0.489. The molecule has 0 saturated carbocycles. The zero-order valence-electron chi connectivity index (χ0n) is 13.4. The quantitative estimate of drug-likeness (QED) is 0.629. The minimum Gasteiger partial charge on any atom is -0.0654 e. The summed E-state index contributed by atoms with van der Waals surface area (Å²) in [6, 6.07) is 23.7. The van der Waals surface area contributed by atoms with E-state index in [1.54, 1.807) is 10.4 Å². The number of rotatable bonds is 8. The van der Waals surface area contributed by atoms with Crippen molar-refractivity contribution in [2.75, 3.05) is 0 Å². The van der Waals surface area contributed by atoms with E-state index in [1.165, 1.54) is 31.7 Å². The Hall–Kier alpha value is -1.34. The number of benzene rings is 2. The highest BCUT2D eigenvalue weighted by molar-refractivity contribution is 6.85. The summed E-state index contributed by atoms with van der Waals surface area (Å²) in [7, 11) is -0.641. The maximum atomic E-state index is 2.36. The molecular formula is C20H27Si. The van der Waals surface area contributed by atoms with E-state index in [0.717, 1.165) is 5.92 Å². The molecule has 0 fully saturated rings. The van der Waals surface area contributed by atoms with Crippen LogP contribution in [0.4, 0.5) is 0 Å². The second-order valence-corrected chi connectivity index (χ2v) is 8.35. The van der Waals surface area contributed by atoms with E-state index in [1.807, 2.05) is 0 Å². The molecule has 111 valence electrons. The Kier molecular flexibility index (Phi) is 6.75. The van der Waals surface area contributed by atoms with Gasteiger partial charge in [-0.15, -0.1) is 0 Å². The average molecular weight is 296 g/mol. The zero-order chi connectivity index (χ0) is 14.9. The molecule has 0 amide bonds. The van der Waals surface area contributed by atoms with Gasteiger partial charge in [0.2, 0.25) is 0 Å². The van der Waals surface area contributed by atoms with Crippen LogP contribution in [0.25, 0.3) is 0 Å². The van der Waals surface area contributed by atoms with Gasteiger partial charge in [-0.2, -0.15) is 0 Å². The molecule has 2 aromatic rings. The summed E-state index contributed by atoms with van der Waals surface area (Å²) in [5, 5.41) is 3.12. The first-order valence-corrected chi connectivity index (χ1v) is 10.0. The van der Waals surface area contributed by atoms with E-state index in [9.17, 15) is 0 Å². The molecule has 0 aromatic heterocycles. The topological polar surface area (TPSA) is 0 Å². The van der Waals surface area contributed by atoms with Gasteiger partial charge in [0.05, 0.1) is 0 Å². The molecule has 0 heterocycles. The number of hydrogen-bond donors (Lipinski definition) is 0. The fraction of sp³-hybridized carbons (Fsp3) is 0.400. The number of hydrogen-bond acceptors (Lipinski definition) is 0. The van der Waals surface area contributed by atoms with Gasteiger partial charge in [0, 0.05) is 0 Å². The summed E-state index contributed by atoms with van der Waals surface area (Å²) in [6.07, 6.45) is 5.39. The minimum atomic E-state index is -0.641. The SMILES string of the molecule is CCCCC(CC)C[Si](c1ccccc1)c1ccccc1. The van der Waals surface area contributed by atoms with Crippen LogP contribution < -0.4 is 10.4 Å². The predicted molar refractivity (Wildman–Crippen MR) is 96.0 cm³/mol. The molecule has 0 N–H and O–H groups in total. The molecular weight excluding hydrogens is 268 g/mol. The van der Waals surface area contributed by atoms with Crippen LogP contribution in [0.5, 0.6) is 0 Å². The Morgan fingerprint density at radius 3 is 1.76 bits per heavy atom. The van der Waals surface area contributed by atoms with Crippen molar-refractivity contribution in [2.45, 2.75) is 45.6 Å². The second-order valence-electron chi connectivity index (χ2n) is 5.83. The lowest BCUT2D eigenvalue weighted by Gasteiger charge is -2.22. The first kappa shape index (κ1) is 16.0. The summed E-state index contributed by atoms with van der Waals surface area (Å²) in [6.45, 7) is 4.66. The maximum Gasteiger partial charge on any atom is 0.121 e. The van der Waals surface area contributed by atoms with E-state index >= 15 is 0 Å². The van der Waals surface area contributed by atoms with Crippen molar-refractivity contribution in [3.05, 3.63) is 60.7 Å². The van der Waals surface area contributed by atoms with Gasteiger partial charge in [-0.25, -0.2) is 0 Å². The predicted octanol–water partition coefficient (Wildman–Crippen LogP) is 4.51. The molecule has 2 aromatic carbocycles. The summed E-state index contributed by atoms with van der Waals surface area (Å²) in [5.41, 5.74) is 0. The molecule has 0 spiro atoms. The van der Waals surface area contributed by atoms with Crippen LogP contribution in [0, 0.1) is 5.92 Å². The van der Waals surface area contributed by atoms with Gasteiger partial charge in [-0.05, 0) is 12.0 Å². The summed E-state index contributed by atoms with van der Waals surface area (Å²) < 4.78 is 0. The van der Waals surface area contributed by atoms with E-state index in [2.05, 4.69) is 74.5 Å². The Balaban J connectivity index is 2.20. The van der Waals surface area contributed by atoms with Crippen LogP contribution in [0.3, 0.4) is 0 Å². The monoisotopic (exact) mass is 295 g/mol. The molecule has 1 atom stereocenters. The van der Waals surface area contributed by atoms with Gasteiger partial charge in [0.1, 0.15) is 8.80 Å². The minimum absolute atomic E-state index is 0.641. The molecule has 1 radical (unpaired) electrons. The molecule has 1 heteroatoms. The molecule has 2 rings (SSSR count). The summed E-state index contributed by atoms with van der Waals surface area (Å²) in [5.74, 6) is 0.874. The van der Waals surface area contributed by atoms with Crippen molar-refractivity contribution >= 4 is 19.2 Å². The third-order valence-corrected chi connectivity index (χ3v) is 7.33. The maximum absolute atomic E-state index is 2.36. The second kappa shape index (κ2) is 8.84. The lowest BCUT2D eigenvalue weighted by Crippen LogP contribution is -2.43. The van der Waals surface area contributed by atoms with Crippen LogP contribution in [-0.2, 0) is 0 Å². The third kappa shape index (κ3) is 4.85. The Labute approximate surface area is 131 Å². The van der Waals surface area contributed by atoms with Gasteiger partial charge in [0.25, 0.3) is 0 Å². The van der Waals surface area contributed by atoms with Crippen molar-refractivity contribution in [3.63, 3.8) is 0 Å². The highest BCUT2D eigenvalue weighted by atomic mass is 28.3. The molecule has 21 heavy (non-hydrogen) atoms. The third-order valence-electron chi connectivity index (χ3n) is 4.28. The Morgan fingerprint density at radius 1 is 0.810 bits per heavy atom. The largest absolute Gasteiger partial charge is 0.121 e. The molecule has 0 aliphatic rings. The van der Waals surface area contributed by atoms with Crippen molar-refractivity contribution in [2.24, 2.45) is 5.92 Å². The molecule has 0 aliphatic heterocycles. The van der Waals surface area contributed by atoms with E-state index < -0.39 is 8.80 Å². The van der Waals surface area contributed by atoms with Crippen LogP contribution in [-0.4, -0.2) is 8.80 Å². The van der Waals surface area contributed by atoms with Gasteiger partial charge in [-0.3, -0.25) is 0 Å². The molecule has 0 saturated heterocycles. The van der Waals surface area contributed by atoms with Crippen LogP contribution in [0.1, 0.15) is 39.5 Å². The average Bonchev–Trinajstić information content (AvgIpc) is 2.57. The normalized spacial score (nSPS) is 12.5. The van der Waals surface area contributed by atoms with E-state index in [-0.39, 0.29) is 0 Å². The van der Waals surface area contributed by atoms with E-state index in [4.69, 9.17) is 0 Å². The van der Waals surface area contributed by atoms with Crippen LogP contribution >= 0.6 is 0 Å². The molecule has 0 aliphatic carbocycles. The summed E-state index contributed by atoms with van der Waals surface area (Å²) >= 11 is 0. The lowest BCUT2D eigenvalue weighted by atomic mass is 10.0. The van der Waals surface area contributed by atoms with Crippen LogP contribution in [0.15, 0.2) is 60.7 Å². The molecule has 1 unspecified atom stereocenters. The first-order chi connectivity index (χ1) is 10.3. The van der Waals surface area contributed by atoms with Crippen molar-refractivity contribution in [1.29, 1.82) is 0 Å². The van der Waals surface area contributed by atoms with E-state index in [0.29, 0.717) is 0 Å². The standard InChI is InChI=1S/C20H27Si/c1-3-5-12-18(4-2)17-21(19-13-8-6-9-14-19)20-15-10-7-11-16-20/h6-11,13-16,18H,3-5,12,17H2,1-2H3. The summed E-state index contributed by atoms with van der Waals surface area (Å²) in [4.78, 5) is 0. The van der Waals surface area contributed by atoms with Gasteiger partial charge < -0.3 is 0 Å². The molecule has 0 bridgehead atoms. The van der Waals surface area contributed by atoms with Gasteiger partial charge in [-0.1, -0.05) is 111 Å². The van der Waals surface area contributed by atoms with Gasteiger partial charge >= 0.3 is 0 Å². The smallest absolute Gasteiger partial charge is 0.0654 e. The first-order valence-electron chi connectivity index (χ1n) is 8.31. The Morgan fingerprint density at radius 2 is 1.33 bits per heavy atom.